The average molecular weight is 485 g/mol. The predicted octanol–water partition coefficient (Wildman–Crippen LogP) is 3.34. The van der Waals surface area contributed by atoms with Crippen LogP contribution in [0.4, 0.5) is 0 Å². The van der Waals surface area contributed by atoms with Gasteiger partial charge in [-0.1, -0.05) is 17.7 Å². The molecule has 2 aliphatic heterocycles. The van der Waals surface area contributed by atoms with Crippen molar-refractivity contribution in [2.24, 2.45) is 0 Å². The van der Waals surface area contributed by atoms with Crippen molar-refractivity contribution in [3.63, 3.8) is 0 Å². The van der Waals surface area contributed by atoms with E-state index in [2.05, 4.69) is 4.90 Å². The summed E-state index contributed by atoms with van der Waals surface area (Å²) in [6, 6.07) is 9.64. The first kappa shape index (κ1) is 22.7. The third-order valence-corrected chi connectivity index (χ3v) is 6.65. The van der Waals surface area contributed by atoms with Gasteiger partial charge in [0.25, 0.3) is 5.91 Å². The number of hydrogen-bond acceptors (Lipinski definition) is 7. The quantitative estimate of drug-likeness (QED) is 0.530. The van der Waals surface area contributed by atoms with E-state index in [1.807, 2.05) is 6.07 Å². The van der Waals surface area contributed by atoms with Gasteiger partial charge in [-0.2, -0.15) is 0 Å². The maximum Gasteiger partial charge on any atom is 0.290 e. The molecule has 2 aromatic carbocycles. The summed E-state index contributed by atoms with van der Waals surface area (Å²) in [7, 11) is 3.11. The van der Waals surface area contributed by atoms with Gasteiger partial charge in [0.2, 0.25) is 5.76 Å². The number of morpholine rings is 1. The van der Waals surface area contributed by atoms with Gasteiger partial charge >= 0.3 is 0 Å². The van der Waals surface area contributed by atoms with Crippen LogP contribution in [0.25, 0.3) is 11.0 Å². The van der Waals surface area contributed by atoms with E-state index >= 15 is 0 Å². The zero-order valence-corrected chi connectivity index (χ0v) is 19.8. The zero-order chi connectivity index (χ0) is 23.8. The number of hydrogen-bond donors (Lipinski definition) is 0. The zero-order valence-electron chi connectivity index (χ0n) is 19.0. The van der Waals surface area contributed by atoms with E-state index in [1.54, 1.807) is 49.5 Å². The third-order valence-electron chi connectivity index (χ3n) is 6.41. The lowest BCUT2D eigenvalue weighted by Crippen LogP contribution is -2.42. The SMILES string of the molecule is COc1ccc([C@H]2c3c(oc4ccc(Cl)cc4c3=O)C(=O)N2CCN2CCOCC2)cc1OC. The van der Waals surface area contributed by atoms with Gasteiger partial charge in [0.1, 0.15) is 5.58 Å². The van der Waals surface area contributed by atoms with Gasteiger partial charge in [0.15, 0.2) is 16.9 Å². The number of carbonyl (C=O) groups is 1. The molecule has 0 bridgehead atoms. The summed E-state index contributed by atoms with van der Waals surface area (Å²) < 4.78 is 22.3. The molecule has 3 heterocycles. The number of ether oxygens (including phenoxy) is 3. The van der Waals surface area contributed by atoms with Crippen LogP contribution in [0.3, 0.4) is 0 Å². The van der Waals surface area contributed by atoms with Gasteiger partial charge in [-0.25, -0.2) is 0 Å². The molecule has 1 aromatic heterocycles. The van der Waals surface area contributed by atoms with E-state index in [0.717, 1.165) is 18.7 Å². The summed E-state index contributed by atoms with van der Waals surface area (Å²) in [5.41, 5.74) is 1.12. The maximum absolute atomic E-state index is 13.7. The van der Waals surface area contributed by atoms with Crippen LogP contribution >= 0.6 is 11.6 Å². The minimum atomic E-state index is -0.622. The van der Waals surface area contributed by atoms with Crippen molar-refractivity contribution >= 4 is 28.5 Å². The van der Waals surface area contributed by atoms with Gasteiger partial charge in [-0.3, -0.25) is 14.5 Å². The molecule has 5 rings (SSSR count). The Morgan fingerprint density at radius 1 is 1.00 bits per heavy atom. The number of nitrogens with zero attached hydrogens (tertiary/aromatic N) is 2. The summed E-state index contributed by atoms with van der Waals surface area (Å²) in [4.78, 5) is 31.2. The van der Waals surface area contributed by atoms with E-state index in [9.17, 15) is 9.59 Å². The second-order valence-electron chi connectivity index (χ2n) is 8.28. The Labute approximate surface area is 201 Å². The Bertz CT molecular complexity index is 1300. The van der Waals surface area contributed by atoms with Crippen LogP contribution in [-0.2, 0) is 4.74 Å². The van der Waals surface area contributed by atoms with E-state index in [-0.39, 0.29) is 17.1 Å². The fraction of sp³-hybridized carbons (Fsp3) is 0.360. The topological polar surface area (TPSA) is 81.5 Å². The summed E-state index contributed by atoms with van der Waals surface area (Å²) in [5.74, 6) is 0.842. The molecule has 1 atom stereocenters. The number of amides is 1. The molecule has 3 aromatic rings. The molecule has 34 heavy (non-hydrogen) atoms. The van der Waals surface area contributed by atoms with Gasteiger partial charge in [0, 0.05) is 31.2 Å². The molecule has 1 fully saturated rings. The van der Waals surface area contributed by atoms with E-state index < -0.39 is 6.04 Å². The smallest absolute Gasteiger partial charge is 0.290 e. The first-order chi connectivity index (χ1) is 16.5. The van der Waals surface area contributed by atoms with Crippen molar-refractivity contribution in [3.8, 4) is 11.5 Å². The molecular weight excluding hydrogens is 460 g/mol. The number of methoxy groups -OCH3 is 2. The average Bonchev–Trinajstić information content (AvgIpc) is 3.15. The highest BCUT2D eigenvalue weighted by Gasteiger charge is 2.43. The molecule has 0 spiro atoms. The number of carbonyl (C=O) groups excluding carboxylic acids is 1. The second kappa shape index (κ2) is 9.29. The molecule has 2 aliphatic rings. The fourth-order valence-corrected chi connectivity index (χ4v) is 4.84. The second-order valence-corrected chi connectivity index (χ2v) is 8.72. The standard InChI is InChI=1S/C25H25ClN2O6/c1-31-19-5-3-15(13-20(19)32-2)22-21-23(29)17-14-16(26)4-6-18(17)34-24(21)25(30)28(22)8-7-27-9-11-33-12-10-27/h3-6,13-14,22H,7-12H2,1-2H3/t22-/m0/s1. The van der Waals surface area contributed by atoms with Crippen molar-refractivity contribution in [3.05, 3.63) is 68.5 Å². The van der Waals surface area contributed by atoms with Crippen molar-refractivity contribution in [2.45, 2.75) is 6.04 Å². The van der Waals surface area contributed by atoms with Crippen LogP contribution in [0.15, 0.2) is 45.6 Å². The van der Waals surface area contributed by atoms with E-state index in [1.165, 1.54) is 0 Å². The third kappa shape index (κ3) is 3.91. The molecule has 9 heteroatoms. The van der Waals surface area contributed by atoms with Gasteiger partial charge in [-0.05, 0) is 35.9 Å². The summed E-state index contributed by atoms with van der Waals surface area (Å²) >= 11 is 6.16. The first-order valence-corrected chi connectivity index (χ1v) is 11.5. The Morgan fingerprint density at radius 2 is 1.76 bits per heavy atom. The minimum absolute atomic E-state index is 0.0709. The van der Waals surface area contributed by atoms with Gasteiger partial charge < -0.3 is 23.5 Å². The lowest BCUT2D eigenvalue weighted by Gasteiger charge is -2.31. The van der Waals surface area contributed by atoms with E-state index in [4.69, 9.17) is 30.2 Å². The lowest BCUT2D eigenvalue weighted by molar-refractivity contribution is 0.0314. The lowest BCUT2D eigenvalue weighted by atomic mass is 9.98. The summed E-state index contributed by atoms with van der Waals surface area (Å²) in [6.45, 7) is 4.02. The first-order valence-electron chi connectivity index (χ1n) is 11.1. The highest BCUT2D eigenvalue weighted by atomic mass is 35.5. The molecule has 0 saturated carbocycles. The van der Waals surface area contributed by atoms with Crippen molar-refractivity contribution in [1.82, 2.24) is 9.80 Å². The largest absolute Gasteiger partial charge is 0.493 e. The summed E-state index contributed by atoms with van der Waals surface area (Å²) in [5, 5.41) is 0.774. The van der Waals surface area contributed by atoms with Crippen LogP contribution in [0, 0.1) is 0 Å². The van der Waals surface area contributed by atoms with Crippen molar-refractivity contribution in [2.75, 3.05) is 53.6 Å². The molecular formula is C25H25ClN2O6. The Hall–Kier alpha value is -3.07. The molecule has 178 valence electrons. The number of halogens is 1. The highest BCUT2D eigenvalue weighted by molar-refractivity contribution is 6.31. The summed E-state index contributed by atoms with van der Waals surface area (Å²) in [6.07, 6.45) is 0. The molecule has 0 N–H and O–H groups in total. The Balaban J connectivity index is 1.63. The Morgan fingerprint density at radius 3 is 2.50 bits per heavy atom. The van der Waals surface area contributed by atoms with Crippen LogP contribution in [0.1, 0.15) is 27.7 Å². The van der Waals surface area contributed by atoms with Crippen molar-refractivity contribution < 1.29 is 23.4 Å². The van der Waals surface area contributed by atoms with Crippen LogP contribution in [0.5, 0.6) is 11.5 Å². The molecule has 0 unspecified atom stereocenters. The van der Waals surface area contributed by atoms with Crippen LogP contribution in [-0.4, -0.2) is 69.3 Å². The predicted molar refractivity (Wildman–Crippen MR) is 127 cm³/mol. The molecule has 1 amide bonds. The normalized spacial score (nSPS) is 18.4. The van der Waals surface area contributed by atoms with Gasteiger partial charge in [0.05, 0.1) is 44.4 Å². The number of benzene rings is 2. The van der Waals surface area contributed by atoms with Crippen molar-refractivity contribution in [1.29, 1.82) is 0 Å². The molecule has 0 aliphatic carbocycles. The molecule has 8 nitrogen and oxygen atoms in total. The minimum Gasteiger partial charge on any atom is -0.493 e. The maximum atomic E-state index is 13.7. The fourth-order valence-electron chi connectivity index (χ4n) is 4.67. The van der Waals surface area contributed by atoms with Crippen LogP contribution in [0.2, 0.25) is 5.02 Å². The molecule has 1 saturated heterocycles. The Kier molecular flexibility index (Phi) is 6.20. The van der Waals surface area contributed by atoms with Gasteiger partial charge in [-0.15, -0.1) is 0 Å². The highest BCUT2D eigenvalue weighted by Crippen LogP contribution is 2.41. The monoisotopic (exact) mass is 484 g/mol. The number of fused-ring (bicyclic) bond motifs is 2. The molecule has 0 radical (unpaired) electrons. The van der Waals surface area contributed by atoms with E-state index in [0.29, 0.717) is 59.4 Å². The van der Waals surface area contributed by atoms with Crippen LogP contribution < -0.4 is 14.9 Å². The number of rotatable bonds is 6.